The Labute approximate surface area is 157 Å². The Hall–Kier alpha value is -3.13. The van der Waals surface area contributed by atoms with E-state index in [1.54, 1.807) is 11.4 Å². The predicted molar refractivity (Wildman–Crippen MR) is 106 cm³/mol. The summed E-state index contributed by atoms with van der Waals surface area (Å²) in [5.41, 5.74) is 1.91. The zero-order valence-corrected chi connectivity index (χ0v) is 15.3. The van der Waals surface area contributed by atoms with Gasteiger partial charge in [-0.3, -0.25) is 14.2 Å². The largest absolute Gasteiger partial charge is 0.361 e. The van der Waals surface area contributed by atoms with E-state index in [0.29, 0.717) is 23.2 Å². The van der Waals surface area contributed by atoms with E-state index in [-0.39, 0.29) is 24.4 Å². The second kappa shape index (κ2) is 7.24. The summed E-state index contributed by atoms with van der Waals surface area (Å²) in [6, 6.07) is 9.71. The number of benzene rings is 1. The van der Waals surface area contributed by atoms with Crippen LogP contribution >= 0.6 is 11.3 Å². The predicted octanol–water partition coefficient (Wildman–Crippen LogP) is 1.98. The zero-order valence-electron chi connectivity index (χ0n) is 14.5. The smallest absolute Gasteiger partial charge is 0.328 e. The molecule has 0 aliphatic rings. The van der Waals surface area contributed by atoms with E-state index in [1.165, 1.54) is 11.3 Å². The summed E-state index contributed by atoms with van der Waals surface area (Å²) in [6.45, 7) is 0.552. The fourth-order valence-electron chi connectivity index (χ4n) is 3.15. The third kappa shape index (κ3) is 3.43. The molecule has 1 amide bonds. The number of carbonyl (C=O) groups excluding carboxylic acids is 1. The maximum Gasteiger partial charge on any atom is 0.328 e. The molecule has 1 aromatic carbocycles. The summed E-state index contributed by atoms with van der Waals surface area (Å²) in [7, 11) is 0. The van der Waals surface area contributed by atoms with E-state index >= 15 is 0 Å². The highest BCUT2D eigenvalue weighted by Gasteiger charge is 2.10. The quantitative estimate of drug-likeness (QED) is 0.475. The van der Waals surface area contributed by atoms with Gasteiger partial charge in [-0.2, -0.15) is 0 Å². The molecule has 0 aliphatic carbocycles. The van der Waals surface area contributed by atoms with Crippen LogP contribution < -0.4 is 16.6 Å². The first-order chi connectivity index (χ1) is 13.1. The Balaban J connectivity index is 1.35. The van der Waals surface area contributed by atoms with Crippen LogP contribution in [0.15, 0.2) is 51.5 Å². The molecule has 7 nitrogen and oxygen atoms in total. The first-order valence-electron chi connectivity index (χ1n) is 8.65. The topological polar surface area (TPSA) is 99.8 Å². The van der Waals surface area contributed by atoms with Gasteiger partial charge in [0.05, 0.1) is 5.52 Å². The molecule has 4 aromatic rings. The molecule has 0 fully saturated rings. The van der Waals surface area contributed by atoms with Gasteiger partial charge in [0.1, 0.15) is 4.70 Å². The van der Waals surface area contributed by atoms with Crippen molar-refractivity contribution >= 4 is 38.4 Å². The summed E-state index contributed by atoms with van der Waals surface area (Å²) >= 11 is 1.28. The van der Waals surface area contributed by atoms with Crippen LogP contribution in [-0.4, -0.2) is 27.0 Å². The number of H-pyrrole nitrogens is 2. The molecule has 0 saturated heterocycles. The molecular formula is C19H18N4O3S. The number of amides is 1. The number of para-hydroxylation sites is 1. The number of nitrogens with one attached hydrogen (secondary N) is 3. The van der Waals surface area contributed by atoms with Crippen LogP contribution in [0.25, 0.3) is 21.1 Å². The Bertz CT molecular complexity index is 1230. The van der Waals surface area contributed by atoms with Gasteiger partial charge in [0.25, 0.3) is 5.56 Å². The number of thiophene rings is 1. The number of hydrogen-bond acceptors (Lipinski definition) is 4. The third-order valence-corrected chi connectivity index (χ3v) is 5.45. The van der Waals surface area contributed by atoms with Gasteiger partial charge in [-0.05, 0) is 29.5 Å². The average molecular weight is 382 g/mol. The maximum absolute atomic E-state index is 12.3. The molecule has 3 heterocycles. The van der Waals surface area contributed by atoms with Crippen molar-refractivity contribution in [2.24, 2.45) is 0 Å². The van der Waals surface area contributed by atoms with Gasteiger partial charge in [0.2, 0.25) is 5.91 Å². The van der Waals surface area contributed by atoms with E-state index in [1.807, 2.05) is 30.5 Å². The summed E-state index contributed by atoms with van der Waals surface area (Å²) in [5, 5.41) is 5.75. The number of carbonyl (C=O) groups is 1. The van der Waals surface area contributed by atoms with Crippen molar-refractivity contribution in [2.75, 3.05) is 6.54 Å². The second-order valence-corrected chi connectivity index (χ2v) is 7.18. The molecule has 138 valence electrons. The molecule has 3 N–H and O–H groups in total. The number of aromatic nitrogens is 3. The van der Waals surface area contributed by atoms with Gasteiger partial charge in [-0.15, -0.1) is 11.3 Å². The zero-order chi connectivity index (χ0) is 18.8. The Morgan fingerprint density at radius 2 is 2.00 bits per heavy atom. The van der Waals surface area contributed by atoms with Gasteiger partial charge in [-0.1, -0.05) is 18.2 Å². The van der Waals surface area contributed by atoms with Crippen molar-refractivity contribution in [3.05, 3.63) is 68.3 Å². The van der Waals surface area contributed by atoms with E-state index < -0.39 is 5.69 Å². The Morgan fingerprint density at radius 1 is 1.15 bits per heavy atom. The lowest BCUT2D eigenvalue weighted by Crippen LogP contribution is -2.36. The van der Waals surface area contributed by atoms with Crippen LogP contribution in [-0.2, 0) is 17.8 Å². The van der Waals surface area contributed by atoms with E-state index in [2.05, 4.69) is 15.3 Å². The summed E-state index contributed by atoms with van der Waals surface area (Å²) < 4.78 is 1.58. The van der Waals surface area contributed by atoms with Crippen LogP contribution in [0.2, 0.25) is 0 Å². The van der Waals surface area contributed by atoms with Crippen molar-refractivity contribution < 1.29 is 4.79 Å². The first-order valence-corrected chi connectivity index (χ1v) is 9.53. The van der Waals surface area contributed by atoms with Gasteiger partial charge >= 0.3 is 5.69 Å². The highest BCUT2D eigenvalue weighted by Crippen LogP contribution is 2.17. The molecule has 0 aliphatic heterocycles. The number of fused-ring (bicyclic) bond motifs is 2. The molecule has 0 saturated carbocycles. The lowest BCUT2D eigenvalue weighted by molar-refractivity contribution is -0.121. The summed E-state index contributed by atoms with van der Waals surface area (Å²) in [5.74, 6) is -0.188. The molecule has 4 rings (SSSR count). The van der Waals surface area contributed by atoms with E-state index in [0.717, 1.165) is 21.0 Å². The van der Waals surface area contributed by atoms with Crippen molar-refractivity contribution in [1.29, 1.82) is 0 Å². The maximum atomic E-state index is 12.3. The molecule has 8 heteroatoms. The highest BCUT2D eigenvalue weighted by molar-refractivity contribution is 7.17. The van der Waals surface area contributed by atoms with Crippen LogP contribution in [0.1, 0.15) is 12.0 Å². The number of nitrogens with zero attached hydrogens (tertiary/aromatic N) is 1. The van der Waals surface area contributed by atoms with E-state index in [9.17, 15) is 14.4 Å². The van der Waals surface area contributed by atoms with Gasteiger partial charge < -0.3 is 15.3 Å². The Morgan fingerprint density at radius 3 is 2.89 bits per heavy atom. The third-order valence-electron chi connectivity index (χ3n) is 4.55. The van der Waals surface area contributed by atoms with Crippen molar-refractivity contribution in [2.45, 2.75) is 19.4 Å². The summed E-state index contributed by atoms with van der Waals surface area (Å²) in [6.07, 6.45) is 2.73. The molecule has 0 spiro atoms. The monoisotopic (exact) mass is 382 g/mol. The fourth-order valence-corrected chi connectivity index (χ4v) is 3.95. The van der Waals surface area contributed by atoms with E-state index in [4.69, 9.17) is 0 Å². The molecule has 0 atom stereocenters. The molecule has 27 heavy (non-hydrogen) atoms. The standard InChI is InChI=1S/C19H18N4O3S/c24-16(20-8-5-12-11-21-14-4-2-1-3-13(12)14)6-9-23-18(25)17-15(7-10-27-17)22-19(23)26/h1-4,7,10-11,21H,5-6,8-9H2,(H,20,24)(H,22,26). The number of rotatable bonds is 6. The fraction of sp³-hybridized carbons (Fsp3) is 0.211. The first kappa shape index (κ1) is 17.3. The lowest BCUT2D eigenvalue weighted by atomic mass is 10.1. The number of aromatic amines is 2. The molecule has 0 bridgehead atoms. The van der Waals surface area contributed by atoms with Gasteiger partial charge in [0, 0.05) is 36.6 Å². The Kier molecular flexibility index (Phi) is 4.64. The highest BCUT2D eigenvalue weighted by atomic mass is 32.1. The SMILES string of the molecule is O=C(CCn1c(=O)[nH]c2ccsc2c1=O)NCCc1c[nH]c2ccccc12. The second-order valence-electron chi connectivity index (χ2n) is 6.26. The minimum absolute atomic E-state index is 0.0565. The van der Waals surface area contributed by atoms with Crippen LogP contribution in [0.5, 0.6) is 0 Å². The van der Waals surface area contributed by atoms with Crippen molar-refractivity contribution in [3.8, 4) is 0 Å². The molecule has 0 unspecified atom stereocenters. The lowest BCUT2D eigenvalue weighted by Gasteiger charge is -2.06. The molecule has 0 radical (unpaired) electrons. The van der Waals surface area contributed by atoms with Crippen molar-refractivity contribution in [3.63, 3.8) is 0 Å². The normalized spacial score (nSPS) is 11.3. The van der Waals surface area contributed by atoms with Gasteiger partial charge in [-0.25, -0.2) is 4.79 Å². The van der Waals surface area contributed by atoms with Crippen LogP contribution in [0.4, 0.5) is 0 Å². The molecular weight excluding hydrogens is 364 g/mol. The van der Waals surface area contributed by atoms with Gasteiger partial charge in [0.15, 0.2) is 0 Å². The van der Waals surface area contributed by atoms with Crippen molar-refractivity contribution in [1.82, 2.24) is 19.9 Å². The minimum atomic E-state index is -0.488. The van der Waals surface area contributed by atoms with Crippen LogP contribution in [0.3, 0.4) is 0 Å². The number of hydrogen-bond donors (Lipinski definition) is 3. The molecule has 3 aromatic heterocycles. The summed E-state index contributed by atoms with van der Waals surface area (Å²) in [4.78, 5) is 42.3. The average Bonchev–Trinajstić information content (AvgIpc) is 3.29. The minimum Gasteiger partial charge on any atom is -0.361 e. The van der Waals surface area contributed by atoms with Crippen LogP contribution in [0, 0.1) is 0 Å².